The van der Waals surface area contributed by atoms with Gasteiger partial charge in [-0.15, -0.1) is 0 Å². The summed E-state index contributed by atoms with van der Waals surface area (Å²) in [6.07, 6.45) is 16.1. The van der Waals surface area contributed by atoms with Gasteiger partial charge in [-0.05, 0) is 72.5 Å². The Morgan fingerprint density at radius 3 is 1.87 bits per heavy atom. The number of pyridine rings is 2. The Kier molecular flexibility index (Phi) is 5.17. The Labute approximate surface area is 259 Å². The van der Waals surface area contributed by atoms with Gasteiger partial charge in [0.15, 0.2) is 0 Å². The second-order valence-corrected chi connectivity index (χ2v) is 12.1. The van der Waals surface area contributed by atoms with Gasteiger partial charge in [-0.2, -0.15) is 0 Å². The van der Waals surface area contributed by atoms with E-state index in [0.29, 0.717) is 0 Å². The number of para-hydroxylation sites is 2. The van der Waals surface area contributed by atoms with Crippen molar-refractivity contribution in [3.05, 3.63) is 138 Å². The van der Waals surface area contributed by atoms with Crippen LogP contribution >= 0.6 is 0 Å². The molecule has 2 aliphatic carbocycles. The van der Waals surface area contributed by atoms with Crippen molar-refractivity contribution < 1.29 is 4.42 Å². The number of rotatable bonds is 3. The zero-order valence-electron chi connectivity index (χ0n) is 24.6. The summed E-state index contributed by atoms with van der Waals surface area (Å²) in [6, 6.07) is 30.6. The van der Waals surface area contributed by atoms with Gasteiger partial charge in [0.25, 0.3) is 0 Å². The monoisotopic (exact) mass is 580 g/mol. The van der Waals surface area contributed by atoms with E-state index in [4.69, 9.17) is 4.42 Å². The molecule has 5 heterocycles. The van der Waals surface area contributed by atoms with E-state index < -0.39 is 0 Å². The van der Waals surface area contributed by atoms with Crippen molar-refractivity contribution in [3.8, 4) is 5.69 Å². The molecule has 0 spiro atoms. The molecule has 5 nitrogen and oxygen atoms in total. The molecule has 3 aromatic carbocycles. The molecule has 0 saturated carbocycles. The fourth-order valence-electron chi connectivity index (χ4n) is 7.69. The first-order chi connectivity index (χ1) is 22.3. The van der Waals surface area contributed by atoms with E-state index in [-0.39, 0.29) is 0 Å². The molecule has 0 N–H and O–H groups in total. The van der Waals surface area contributed by atoms with Crippen LogP contribution in [0.1, 0.15) is 41.1 Å². The van der Waals surface area contributed by atoms with E-state index in [1.165, 1.54) is 55.5 Å². The van der Waals surface area contributed by atoms with Crippen molar-refractivity contribution in [1.29, 1.82) is 0 Å². The van der Waals surface area contributed by atoms with Crippen LogP contribution in [0.4, 0.5) is 0 Å². The van der Waals surface area contributed by atoms with Crippen molar-refractivity contribution >= 4 is 67.0 Å². The second kappa shape index (κ2) is 9.41. The van der Waals surface area contributed by atoms with Crippen LogP contribution in [0.5, 0.6) is 0 Å². The number of fused-ring (bicyclic) bond motifs is 9. The molecule has 5 aromatic heterocycles. The minimum Gasteiger partial charge on any atom is -0.465 e. The van der Waals surface area contributed by atoms with Crippen molar-refractivity contribution in [2.45, 2.75) is 25.7 Å². The smallest absolute Gasteiger partial charge is 0.112 e. The summed E-state index contributed by atoms with van der Waals surface area (Å²) in [7, 11) is 0. The standard InChI is InChI=1S/C40H28N4O/c1-3-10-35-29(8-1)30-9-2-4-11-36(30)43(35)27-7-5-6-25(20-27)26-12-14-39-31(21-26)32-22-28(13-15-40(32)45-39)44-37-16-18-41-23-33(37)34-24-42-19-17-38(34)44/h1-11,16-24H,12-15H2. The van der Waals surface area contributed by atoms with Crippen LogP contribution < -0.4 is 0 Å². The normalized spacial score (nSPS) is 14.6. The number of allylic oxidation sites excluding steroid dienone is 2. The molecule has 0 radical (unpaired) electrons. The molecule has 0 aliphatic heterocycles. The van der Waals surface area contributed by atoms with Gasteiger partial charge in [0.05, 0.1) is 22.1 Å². The highest BCUT2D eigenvalue weighted by Gasteiger charge is 2.26. The van der Waals surface area contributed by atoms with Crippen molar-refractivity contribution in [3.63, 3.8) is 0 Å². The summed E-state index contributed by atoms with van der Waals surface area (Å²) in [5.41, 5.74) is 12.3. The quantitative estimate of drug-likeness (QED) is 0.209. The Balaban J connectivity index is 1.10. The van der Waals surface area contributed by atoms with E-state index in [2.05, 4.69) is 116 Å². The maximum Gasteiger partial charge on any atom is 0.112 e. The molecular formula is C40H28N4O. The minimum absolute atomic E-state index is 0.887. The third-order valence-corrected chi connectivity index (χ3v) is 9.71. The van der Waals surface area contributed by atoms with Crippen LogP contribution in [0.2, 0.25) is 0 Å². The van der Waals surface area contributed by atoms with E-state index >= 15 is 0 Å². The third kappa shape index (κ3) is 3.61. The average molecular weight is 581 g/mol. The number of nitrogens with zero attached hydrogens (tertiary/aromatic N) is 4. The highest BCUT2D eigenvalue weighted by Crippen LogP contribution is 2.42. The Bertz CT molecular complexity index is 2450. The predicted octanol–water partition coefficient (Wildman–Crippen LogP) is 9.71. The summed E-state index contributed by atoms with van der Waals surface area (Å²) in [4.78, 5) is 8.82. The predicted molar refractivity (Wildman–Crippen MR) is 183 cm³/mol. The van der Waals surface area contributed by atoms with Gasteiger partial charge in [0, 0.05) is 81.7 Å². The van der Waals surface area contributed by atoms with Gasteiger partial charge in [0.2, 0.25) is 0 Å². The molecule has 2 aliphatic rings. The van der Waals surface area contributed by atoms with Crippen molar-refractivity contribution in [2.75, 3.05) is 0 Å². The van der Waals surface area contributed by atoms with Gasteiger partial charge in [-0.3, -0.25) is 9.97 Å². The summed E-state index contributed by atoms with van der Waals surface area (Å²) < 4.78 is 11.3. The van der Waals surface area contributed by atoms with Gasteiger partial charge in [-0.1, -0.05) is 48.5 Å². The number of aryl methyl sites for hydroxylation is 2. The fraction of sp³-hybridized carbons (Fsp3) is 0.100. The third-order valence-electron chi connectivity index (χ3n) is 9.71. The molecule has 10 rings (SSSR count). The van der Waals surface area contributed by atoms with Crippen LogP contribution in [-0.4, -0.2) is 19.1 Å². The lowest BCUT2D eigenvalue weighted by Gasteiger charge is -2.18. The Hall–Kier alpha value is -5.68. The summed E-state index contributed by atoms with van der Waals surface area (Å²) in [5, 5.41) is 4.82. The van der Waals surface area contributed by atoms with Crippen molar-refractivity contribution in [1.82, 2.24) is 19.1 Å². The van der Waals surface area contributed by atoms with E-state index in [1.807, 2.05) is 24.8 Å². The number of furan rings is 1. The van der Waals surface area contributed by atoms with Crippen LogP contribution in [0.3, 0.4) is 0 Å². The summed E-state index contributed by atoms with van der Waals surface area (Å²) in [5.74, 6) is 2.21. The highest BCUT2D eigenvalue weighted by atomic mass is 16.3. The zero-order valence-corrected chi connectivity index (χ0v) is 24.6. The second-order valence-electron chi connectivity index (χ2n) is 12.1. The first-order valence-corrected chi connectivity index (χ1v) is 15.6. The van der Waals surface area contributed by atoms with Crippen LogP contribution in [0.25, 0.3) is 72.7 Å². The highest BCUT2D eigenvalue weighted by molar-refractivity contribution is 6.11. The molecular weight excluding hydrogens is 552 g/mol. The van der Waals surface area contributed by atoms with Gasteiger partial charge in [-0.25, -0.2) is 0 Å². The lowest BCUT2D eigenvalue weighted by molar-refractivity contribution is 0.463. The molecule has 0 amide bonds. The van der Waals surface area contributed by atoms with E-state index in [9.17, 15) is 0 Å². The van der Waals surface area contributed by atoms with E-state index in [1.54, 1.807) is 0 Å². The van der Waals surface area contributed by atoms with Gasteiger partial charge in [0.1, 0.15) is 11.5 Å². The molecule has 0 fully saturated rings. The Morgan fingerprint density at radius 2 is 1.16 bits per heavy atom. The van der Waals surface area contributed by atoms with Gasteiger partial charge < -0.3 is 13.6 Å². The lowest BCUT2D eigenvalue weighted by Crippen LogP contribution is -2.04. The molecule has 0 bridgehead atoms. The summed E-state index contributed by atoms with van der Waals surface area (Å²) in [6.45, 7) is 0. The maximum atomic E-state index is 6.51. The van der Waals surface area contributed by atoms with Crippen LogP contribution in [-0.2, 0) is 12.8 Å². The molecule has 0 unspecified atom stereocenters. The number of hydrogen-bond donors (Lipinski definition) is 0. The first-order valence-electron chi connectivity index (χ1n) is 15.6. The molecule has 0 atom stereocenters. The fourth-order valence-corrected chi connectivity index (χ4v) is 7.69. The molecule has 5 heteroatoms. The van der Waals surface area contributed by atoms with Crippen molar-refractivity contribution in [2.24, 2.45) is 0 Å². The van der Waals surface area contributed by atoms with Gasteiger partial charge >= 0.3 is 0 Å². The molecule has 214 valence electrons. The SMILES string of the molecule is C1=C(c2cccc(-n3c4ccccc4c4ccccc43)c2)CCc2oc3c(c21)C=C(n1c2ccncc2c2cnccc21)CC3. The minimum atomic E-state index is 0.887. The maximum absolute atomic E-state index is 6.51. The molecule has 0 saturated heterocycles. The van der Waals surface area contributed by atoms with Crippen LogP contribution in [0.15, 0.2) is 114 Å². The van der Waals surface area contributed by atoms with Crippen LogP contribution in [0, 0.1) is 0 Å². The number of benzene rings is 3. The van der Waals surface area contributed by atoms with E-state index in [0.717, 1.165) is 59.0 Å². The topological polar surface area (TPSA) is 48.8 Å². The zero-order chi connectivity index (χ0) is 29.5. The summed E-state index contributed by atoms with van der Waals surface area (Å²) >= 11 is 0. The number of hydrogen-bond acceptors (Lipinski definition) is 3. The molecule has 45 heavy (non-hydrogen) atoms. The largest absolute Gasteiger partial charge is 0.465 e. The number of aromatic nitrogens is 4. The molecule has 8 aromatic rings. The lowest BCUT2D eigenvalue weighted by atomic mass is 9.89. The first kappa shape index (κ1) is 24.7. The average Bonchev–Trinajstić information content (AvgIpc) is 3.75. The Morgan fingerprint density at radius 1 is 0.533 bits per heavy atom.